The molecule has 0 saturated carbocycles. The molecule has 2 atom stereocenters. The highest BCUT2D eigenvalue weighted by Gasteiger charge is 2.31. The summed E-state index contributed by atoms with van der Waals surface area (Å²) in [6, 6.07) is 5.02. The Morgan fingerprint density at radius 2 is 2.00 bits per heavy atom. The van der Waals surface area contributed by atoms with E-state index in [0.717, 1.165) is 10.4 Å². The van der Waals surface area contributed by atoms with Crippen molar-refractivity contribution < 1.29 is 4.55 Å². The van der Waals surface area contributed by atoms with Crippen LogP contribution in [0.25, 0.3) is 0 Å². The molecule has 0 fully saturated rings. The molecule has 1 aromatic carbocycles. The van der Waals surface area contributed by atoms with Gasteiger partial charge in [-0.15, -0.1) is 16.1 Å². The van der Waals surface area contributed by atoms with Gasteiger partial charge in [-0.1, -0.05) is 29.3 Å². The van der Waals surface area contributed by atoms with E-state index in [0.29, 0.717) is 15.2 Å². The minimum atomic E-state index is -1.26. The lowest BCUT2D eigenvalue weighted by molar-refractivity contribution is 0.536. The first-order valence-corrected chi connectivity index (χ1v) is 9.25. The van der Waals surface area contributed by atoms with Gasteiger partial charge in [0.15, 0.2) is 5.13 Å². The molecule has 1 heterocycles. The highest BCUT2D eigenvalue weighted by Crippen LogP contribution is 2.33. The van der Waals surface area contributed by atoms with E-state index in [-0.39, 0.29) is 6.04 Å². The molecule has 0 spiro atoms. The van der Waals surface area contributed by atoms with Crippen LogP contribution in [-0.2, 0) is 11.4 Å². The van der Waals surface area contributed by atoms with E-state index >= 15 is 0 Å². The van der Waals surface area contributed by atoms with E-state index in [1.165, 1.54) is 11.3 Å². The van der Waals surface area contributed by atoms with Crippen LogP contribution < -0.4 is 10.5 Å². The number of nitrogen functional groups attached to an aromatic ring is 1. The van der Waals surface area contributed by atoms with Crippen molar-refractivity contribution in [1.82, 2.24) is 9.71 Å². The summed E-state index contributed by atoms with van der Waals surface area (Å²) in [4.78, 5) is 4.94. The van der Waals surface area contributed by atoms with Crippen molar-refractivity contribution >= 4 is 51.0 Å². The lowest BCUT2D eigenvalue weighted by Gasteiger charge is -2.27. The van der Waals surface area contributed by atoms with Gasteiger partial charge in [-0.05, 0) is 38.5 Å². The molecule has 1 aromatic heterocycles. The van der Waals surface area contributed by atoms with Crippen molar-refractivity contribution in [2.75, 3.05) is 5.73 Å². The molecular formula is C14H17Cl2N3OS2. The van der Waals surface area contributed by atoms with E-state index in [4.69, 9.17) is 28.9 Å². The Balaban J connectivity index is 2.39. The van der Waals surface area contributed by atoms with Gasteiger partial charge in [-0.25, -0.2) is 4.98 Å². The Bertz CT molecular complexity index is 658. The smallest absolute Gasteiger partial charge is 0.180 e. The highest BCUT2D eigenvalue weighted by atomic mass is 35.5. The Labute approximate surface area is 147 Å². The molecule has 22 heavy (non-hydrogen) atoms. The van der Waals surface area contributed by atoms with Gasteiger partial charge in [-0.2, -0.15) is 0 Å². The number of hydrogen-bond donors (Lipinski definition) is 2. The standard InChI is InChI=1S/C14H17Cl2N3OS2/c1-14(2,3)22(20)19-12(11-7-18-13(17)21-11)8-4-5-9(15)10(16)6-8/h4-7,12,19H,1-3H3,(H2,17,18)/t12-,22-/m1/s1. The fraction of sp³-hybridized carbons (Fsp3) is 0.357. The third-order valence-electron chi connectivity index (χ3n) is 2.88. The number of hydrogen-bond acceptors (Lipinski definition) is 5. The number of aromatic nitrogens is 1. The largest absolute Gasteiger partial charge is 0.598 e. The van der Waals surface area contributed by atoms with Crippen LogP contribution in [0, 0.1) is 0 Å². The van der Waals surface area contributed by atoms with E-state index in [2.05, 4.69) is 9.71 Å². The van der Waals surface area contributed by atoms with Gasteiger partial charge in [0.05, 0.1) is 14.9 Å². The Kier molecular flexibility index (Phi) is 5.63. The first kappa shape index (κ1) is 17.8. The zero-order valence-corrected chi connectivity index (χ0v) is 15.5. The summed E-state index contributed by atoms with van der Waals surface area (Å²) in [5.41, 5.74) is 6.58. The molecule has 120 valence electrons. The summed E-state index contributed by atoms with van der Waals surface area (Å²) in [6.07, 6.45) is 1.68. The molecule has 4 nitrogen and oxygen atoms in total. The van der Waals surface area contributed by atoms with Crippen LogP contribution in [0.1, 0.15) is 37.3 Å². The van der Waals surface area contributed by atoms with Crippen molar-refractivity contribution in [2.24, 2.45) is 0 Å². The van der Waals surface area contributed by atoms with E-state index in [9.17, 15) is 4.55 Å². The summed E-state index contributed by atoms with van der Waals surface area (Å²) in [7, 11) is 0. The molecular weight excluding hydrogens is 361 g/mol. The molecule has 0 bridgehead atoms. The third kappa shape index (κ3) is 4.28. The molecule has 2 aromatic rings. The first-order valence-electron chi connectivity index (χ1n) is 6.52. The summed E-state index contributed by atoms with van der Waals surface area (Å²) < 4.78 is 15.2. The zero-order valence-electron chi connectivity index (χ0n) is 12.4. The zero-order chi connectivity index (χ0) is 16.5. The fourth-order valence-corrected chi connectivity index (χ4v) is 3.68. The highest BCUT2D eigenvalue weighted by molar-refractivity contribution is 7.90. The van der Waals surface area contributed by atoms with Crippen molar-refractivity contribution in [3.63, 3.8) is 0 Å². The summed E-state index contributed by atoms with van der Waals surface area (Å²) in [5.74, 6) is 0. The molecule has 3 N–H and O–H groups in total. The number of rotatable bonds is 4. The first-order chi connectivity index (χ1) is 10.2. The molecule has 0 aliphatic heterocycles. The summed E-state index contributed by atoms with van der Waals surface area (Å²) in [5, 5.41) is 1.39. The SMILES string of the molecule is CC(C)(C)[S@@+]([O-])N[C@H](c1ccc(Cl)c(Cl)c1)c1cnc(N)s1. The molecule has 0 radical (unpaired) electrons. The Morgan fingerprint density at radius 3 is 2.50 bits per heavy atom. The van der Waals surface area contributed by atoms with Gasteiger partial charge < -0.3 is 10.3 Å². The summed E-state index contributed by atoms with van der Waals surface area (Å²) in [6.45, 7) is 5.72. The van der Waals surface area contributed by atoms with Crippen molar-refractivity contribution in [1.29, 1.82) is 0 Å². The topological polar surface area (TPSA) is 74.0 Å². The quantitative estimate of drug-likeness (QED) is 0.783. The Hall–Kier alpha value is -0.500. The second-order valence-electron chi connectivity index (χ2n) is 5.71. The number of anilines is 1. The number of nitrogens with zero attached hydrogens (tertiary/aromatic N) is 1. The number of nitrogens with one attached hydrogen (secondary N) is 1. The third-order valence-corrected chi connectivity index (χ3v) is 6.08. The average Bonchev–Trinajstić information content (AvgIpc) is 2.84. The van der Waals surface area contributed by atoms with Crippen LogP contribution >= 0.6 is 34.5 Å². The normalized spacial score (nSPS) is 14.8. The maximum atomic E-state index is 12.5. The van der Waals surface area contributed by atoms with Gasteiger partial charge in [-0.3, -0.25) is 0 Å². The number of nitrogens with two attached hydrogens (primary N) is 1. The van der Waals surface area contributed by atoms with Gasteiger partial charge in [0.1, 0.15) is 10.8 Å². The van der Waals surface area contributed by atoms with Crippen LogP contribution in [0.5, 0.6) is 0 Å². The second kappa shape index (κ2) is 6.95. The molecule has 8 heteroatoms. The predicted octanol–water partition coefficient (Wildman–Crippen LogP) is 4.17. The van der Waals surface area contributed by atoms with Crippen LogP contribution in [0.15, 0.2) is 24.4 Å². The van der Waals surface area contributed by atoms with Crippen LogP contribution in [-0.4, -0.2) is 14.3 Å². The second-order valence-corrected chi connectivity index (χ2v) is 9.61. The Morgan fingerprint density at radius 1 is 1.32 bits per heavy atom. The molecule has 0 amide bonds. The molecule has 0 aliphatic rings. The van der Waals surface area contributed by atoms with Crippen LogP contribution in [0.3, 0.4) is 0 Å². The fourth-order valence-electron chi connectivity index (χ4n) is 1.70. The van der Waals surface area contributed by atoms with Crippen molar-refractivity contribution in [2.45, 2.75) is 31.6 Å². The number of thiazole rings is 1. The van der Waals surface area contributed by atoms with Gasteiger partial charge in [0.2, 0.25) is 0 Å². The van der Waals surface area contributed by atoms with Gasteiger partial charge >= 0.3 is 0 Å². The van der Waals surface area contributed by atoms with Crippen molar-refractivity contribution in [3.05, 3.63) is 44.9 Å². The van der Waals surface area contributed by atoms with Crippen LogP contribution in [0.2, 0.25) is 10.0 Å². The predicted molar refractivity (Wildman–Crippen MR) is 95.9 cm³/mol. The number of benzene rings is 1. The maximum absolute atomic E-state index is 12.5. The summed E-state index contributed by atoms with van der Waals surface area (Å²) >= 11 is 12.2. The van der Waals surface area contributed by atoms with Gasteiger partial charge in [0.25, 0.3) is 0 Å². The van der Waals surface area contributed by atoms with E-state index in [1.54, 1.807) is 18.3 Å². The molecule has 0 aliphatic carbocycles. The number of halogens is 2. The average molecular weight is 378 g/mol. The maximum Gasteiger partial charge on any atom is 0.180 e. The lowest BCUT2D eigenvalue weighted by atomic mass is 10.1. The minimum absolute atomic E-state index is 0.315. The van der Waals surface area contributed by atoms with Crippen molar-refractivity contribution in [3.8, 4) is 0 Å². The molecule has 2 rings (SSSR count). The monoisotopic (exact) mass is 377 g/mol. The van der Waals surface area contributed by atoms with E-state index < -0.39 is 16.1 Å². The van der Waals surface area contributed by atoms with E-state index in [1.807, 2.05) is 26.8 Å². The lowest BCUT2D eigenvalue weighted by Crippen LogP contribution is -2.41. The molecule has 0 saturated heterocycles. The van der Waals surface area contributed by atoms with Gasteiger partial charge in [0, 0.05) is 17.6 Å². The van der Waals surface area contributed by atoms with Crippen LogP contribution in [0.4, 0.5) is 5.13 Å². The minimum Gasteiger partial charge on any atom is -0.598 e. The molecule has 0 unspecified atom stereocenters.